The fourth-order valence-electron chi connectivity index (χ4n) is 2.72. The van der Waals surface area contributed by atoms with Gasteiger partial charge in [-0.1, -0.05) is 0 Å². The molecular formula is C16H20BF3N2O5. The Bertz CT molecular complexity index is 674. The molecule has 0 unspecified atom stereocenters. The highest BCUT2D eigenvalue weighted by molar-refractivity contribution is 6.61. The normalized spacial score (nSPS) is 22.8. The van der Waals surface area contributed by atoms with Crippen LogP contribution in [0.25, 0.3) is 0 Å². The van der Waals surface area contributed by atoms with Crippen LogP contribution in [0.1, 0.15) is 16.8 Å². The van der Waals surface area contributed by atoms with E-state index in [4.69, 9.17) is 14.0 Å². The van der Waals surface area contributed by atoms with Crippen LogP contribution in [0.5, 0.6) is 11.5 Å². The van der Waals surface area contributed by atoms with E-state index in [2.05, 4.69) is 15.4 Å². The van der Waals surface area contributed by atoms with Crippen molar-refractivity contribution in [3.63, 3.8) is 0 Å². The van der Waals surface area contributed by atoms with E-state index in [1.165, 1.54) is 19.2 Å². The van der Waals surface area contributed by atoms with Gasteiger partial charge >= 0.3 is 13.7 Å². The van der Waals surface area contributed by atoms with E-state index in [0.717, 1.165) is 0 Å². The highest BCUT2D eigenvalue weighted by Crippen LogP contribution is 2.31. The fourth-order valence-corrected chi connectivity index (χ4v) is 2.72. The van der Waals surface area contributed by atoms with Crippen molar-refractivity contribution in [2.45, 2.75) is 25.2 Å². The van der Waals surface area contributed by atoms with Gasteiger partial charge in [-0.3, -0.25) is 4.79 Å². The number of nitrogens with one attached hydrogen (secondary N) is 2. The maximum Gasteiger partial charge on any atom is 0.494 e. The number of halogens is 3. The quantitative estimate of drug-likeness (QED) is 0.690. The summed E-state index contributed by atoms with van der Waals surface area (Å²) in [5, 5.41) is 5.52. The Morgan fingerprint density at radius 1 is 1.30 bits per heavy atom. The van der Waals surface area contributed by atoms with Crippen molar-refractivity contribution in [3.8, 4) is 11.5 Å². The van der Waals surface area contributed by atoms with Gasteiger partial charge in [0.05, 0.1) is 13.2 Å². The molecule has 2 aliphatic rings. The van der Waals surface area contributed by atoms with Gasteiger partial charge in [-0.15, -0.1) is 0 Å². The molecular weight excluding hydrogens is 368 g/mol. The lowest BCUT2D eigenvalue weighted by molar-refractivity contribution is -0.0502. The van der Waals surface area contributed by atoms with Crippen molar-refractivity contribution in [3.05, 3.63) is 17.7 Å². The van der Waals surface area contributed by atoms with E-state index >= 15 is 0 Å². The summed E-state index contributed by atoms with van der Waals surface area (Å²) < 4.78 is 59.8. The first-order chi connectivity index (χ1) is 13.0. The number of methoxy groups -OCH3 is 1. The highest BCUT2D eigenvalue weighted by Gasteiger charge is 2.40. The van der Waals surface area contributed by atoms with E-state index < -0.39 is 31.9 Å². The van der Waals surface area contributed by atoms with Gasteiger partial charge in [-0.05, 0) is 17.6 Å². The third-order valence-electron chi connectivity index (χ3n) is 4.15. The number of hydrogen-bond donors (Lipinski definition) is 2. The Labute approximate surface area is 154 Å². The summed E-state index contributed by atoms with van der Waals surface area (Å²) >= 11 is 0. The van der Waals surface area contributed by atoms with Crippen molar-refractivity contribution in [2.24, 2.45) is 0 Å². The molecule has 1 saturated heterocycles. The maximum atomic E-state index is 13.1. The third-order valence-corrected chi connectivity index (χ3v) is 4.15. The van der Waals surface area contributed by atoms with Crippen LogP contribution in [0.15, 0.2) is 12.1 Å². The molecule has 1 aromatic carbocycles. The van der Waals surface area contributed by atoms with E-state index in [1.54, 1.807) is 0 Å². The van der Waals surface area contributed by atoms with Gasteiger partial charge in [0.1, 0.15) is 23.2 Å². The van der Waals surface area contributed by atoms with Crippen molar-refractivity contribution in [2.75, 3.05) is 33.4 Å². The summed E-state index contributed by atoms with van der Waals surface area (Å²) in [6, 6.07) is 2.08. The third kappa shape index (κ3) is 5.05. The van der Waals surface area contributed by atoms with Gasteiger partial charge in [-0.2, -0.15) is 8.78 Å². The van der Waals surface area contributed by atoms with Gasteiger partial charge in [0.2, 0.25) is 0 Å². The summed E-state index contributed by atoms with van der Waals surface area (Å²) in [4.78, 5) is 12.5. The van der Waals surface area contributed by atoms with Crippen molar-refractivity contribution < 1.29 is 36.7 Å². The number of benzene rings is 1. The molecule has 1 aliphatic carbocycles. The molecule has 1 aromatic rings. The summed E-state index contributed by atoms with van der Waals surface area (Å²) in [5.41, 5.74) is 0.143. The van der Waals surface area contributed by atoms with Crippen LogP contribution in [0.2, 0.25) is 0 Å². The van der Waals surface area contributed by atoms with Crippen molar-refractivity contribution >= 4 is 18.5 Å². The minimum atomic E-state index is -3.16. The number of ether oxygens (including phenoxy) is 2. The first kappa shape index (κ1) is 19.8. The van der Waals surface area contributed by atoms with E-state index in [-0.39, 0.29) is 23.5 Å². The Kier molecular flexibility index (Phi) is 6.45. The molecule has 2 atom stereocenters. The highest BCUT2D eigenvalue weighted by atomic mass is 19.3. The summed E-state index contributed by atoms with van der Waals surface area (Å²) in [7, 11) is 0.470. The second-order valence-electron chi connectivity index (χ2n) is 6.13. The van der Waals surface area contributed by atoms with Crippen LogP contribution in [0.3, 0.4) is 0 Å². The largest absolute Gasteiger partial charge is 0.496 e. The van der Waals surface area contributed by atoms with Gasteiger partial charge in [0, 0.05) is 32.7 Å². The minimum absolute atomic E-state index is 0.00379. The Morgan fingerprint density at radius 3 is 2.48 bits per heavy atom. The maximum absolute atomic E-state index is 13.1. The summed E-state index contributed by atoms with van der Waals surface area (Å²) in [6.07, 6.45) is -0.946. The number of amides is 1. The van der Waals surface area contributed by atoms with Gasteiger partial charge < -0.3 is 29.4 Å². The molecule has 1 saturated carbocycles. The zero-order valence-corrected chi connectivity index (χ0v) is 14.7. The molecule has 11 heteroatoms. The number of alkyl halides is 3. The molecule has 148 valence electrons. The van der Waals surface area contributed by atoms with Crippen LogP contribution >= 0.6 is 0 Å². The Hall–Kier alpha value is -1.98. The number of carbonyl (C=O) groups is 1. The topological polar surface area (TPSA) is 78.1 Å². The van der Waals surface area contributed by atoms with Crippen LogP contribution in [0, 0.1) is 0 Å². The first-order valence-electron chi connectivity index (χ1n) is 8.55. The molecule has 3 rings (SSSR count). The van der Waals surface area contributed by atoms with E-state index in [0.29, 0.717) is 31.8 Å². The molecule has 2 N–H and O–H groups in total. The predicted octanol–water partition coefficient (Wildman–Crippen LogP) is 0.468. The lowest BCUT2D eigenvalue weighted by Gasteiger charge is -2.21. The van der Waals surface area contributed by atoms with E-state index in [9.17, 15) is 18.0 Å². The fraction of sp³-hybridized carbons (Fsp3) is 0.562. The number of rotatable bonds is 6. The van der Waals surface area contributed by atoms with Gasteiger partial charge in [0.25, 0.3) is 5.91 Å². The molecule has 27 heavy (non-hydrogen) atoms. The smallest absolute Gasteiger partial charge is 0.494 e. The predicted molar refractivity (Wildman–Crippen MR) is 90.6 cm³/mol. The van der Waals surface area contributed by atoms with Crippen LogP contribution < -0.4 is 25.6 Å². The minimum Gasteiger partial charge on any atom is -0.496 e. The number of hydrogen-bond acceptors (Lipinski definition) is 6. The van der Waals surface area contributed by atoms with Crippen LogP contribution in [-0.2, 0) is 9.31 Å². The molecule has 1 heterocycles. The zero-order valence-electron chi connectivity index (χ0n) is 14.7. The Balaban J connectivity index is 1.92. The second kappa shape index (κ2) is 8.81. The Morgan fingerprint density at radius 2 is 1.93 bits per heavy atom. The number of carbonyl (C=O) groups excluding carboxylic acids is 1. The average Bonchev–Trinajstić information content (AvgIpc) is 3.27. The lowest BCUT2D eigenvalue weighted by atomic mass is 9.77. The zero-order chi connectivity index (χ0) is 19.4. The summed E-state index contributed by atoms with van der Waals surface area (Å²) in [6.45, 7) is -1.23. The monoisotopic (exact) mass is 388 g/mol. The SMILES string of the molecule is COc1cc(B2OCCNCCO2)cc(OC(F)F)c1C(=O)N[C@@H]1C[C@@H]1F. The molecule has 0 bridgehead atoms. The van der Waals surface area contributed by atoms with Crippen LogP contribution in [0.4, 0.5) is 13.2 Å². The van der Waals surface area contributed by atoms with Gasteiger partial charge in [0.15, 0.2) is 0 Å². The molecule has 0 spiro atoms. The molecule has 7 nitrogen and oxygen atoms in total. The van der Waals surface area contributed by atoms with Gasteiger partial charge in [-0.25, -0.2) is 4.39 Å². The molecule has 2 fully saturated rings. The standard InChI is InChI=1S/C16H20BF3N2O5/c1-24-12-6-9(17-25-4-2-21-3-5-26-17)7-13(27-16(19)20)14(12)15(23)22-11-8-10(11)18/h6-7,10-11,16,21H,2-5,8H2,1H3,(H,22,23)/t10-,11+/m0/s1. The van der Waals surface area contributed by atoms with E-state index in [1.807, 2.05) is 0 Å². The molecule has 1 aliphatic heterocycles. The molecule has 1 amide bonds. The van der Waals surface area contributed by atoms with Crippen molar-refractivity contribution in [1.29, 1.82) is 0 Å². The first-order valence-corrected chi connectivity index (χ1v) is 8.55. The molecule has 0 radical (unpaired) electrons. The molecule has 0 aromatic heterocycles. The summed E-state index contributed by atoms with van der Waals surface area (Å²) in [5.74, 6) is -1.13. The average molecular weight is 388 g/mol. The second-order valence-corrected chi connectivity index (χ2v) is 6.13. The lowest BCUT2D eigenvalue weighted by Crippen LogP contribution is -2.43. The van der Waals surface area contributed by atoms with Crippen molar-refractivity contribution in [1.82, 2.24) is 10.6 Å². The van der Waals surface area contributed by atoms with Crippen LogP contribution in [-0.4, -0.2) is 65.3 Å².